The maximum Gasteiger partial charge on any atom is 0.173 e. The highest BCUT2D eigenvalue weighted by Gasteiger charge is 2.30. The van der Waals surface area contributed by atoms with E-state index in [1.807, 2.05) is 25.1 Å². The van der Waals surface area contributed by atoms with Gasteiger partial charge in [0.25, 0.3) is 0 Å². The molecular formula is C13H12O2. The van der Waals surface area contributed by atoms with Crippen molar-refractivity contribution < 1.29 is 9.59 Å². The first-order chi connectivity index (χ1) is 7.18. The Labute approximate surface area is 88.6 Å². The van der Waals surface area contributed by atoms with Gasteiger partial charge in [0.1, 0.15) is 0 Å². The summed E-state index contributed by atoms with van der Waals surface area (Å²) in [6, 6.07) is 8.99. The molecule has 0 bridgehead atoms. The molecule has 15 heavy (non-hydrogen) atoms. The molecule has 1 unspecified atom stereocenters. The highest BCUT2D eigenvalue weighted by atomic mass is 16.1. The van der Waals surface area contributed by atoms with E-state index in [1.165, 1.54) is 0 Å². The van der Waals surface area contributed by atoms with Crippen LogP contribution in [-0.2, 0) is 4.79 Å². The van der Waals surface area contributed by atoms with E-state index >= 15 is 0 Å². The van der Waals surface area contributed by atoms with Gasteiger partial charge in [0.2, 0.25) is 0 Å². The van der Waals surface area contributed by atoms with Gasteiger partial charge in [-0.15, -0.1) is 0 Å². The van der Waals surface area contributed by atoms with Crippen molar-refractivity contribution >= 4 is 11.6 Å². The zero-order valence-corrected chi connectivity index (χ0v) is 8.57. The molecule has 2 nitrogen and oxygen atoms in total. The molecule has 1 aromatic rings. The lowest BCUT2D eigenvalue weighted by Crippen LogP contribution is -2.19. The normalized spacial score (nSPS) is 20.2. The molecule has 2 rings (SSSR count). The van der Waals surface area contributed by atoms with Crippen LogP contribution in [-0.4, -0.2) is 11.6 Å². The van der Waals surface area contributed by atoms with Crippen molar-refractivity contribution in [3.63, 3.8) is 0 Å². The van der Waals surface area contributed by atoms with Gasteiger partial charge in [0, 0.05) is 5.56 Å². The van der Waals surface area contributed by atoms with Crippen LogP contribution < -0.4 is 0 Å². The first kappa shape index (κ1) is 9.84. The van der Waals surface area contributed by atoms with Gasteiger partial charge in [-0.25, -0.2) is 0 Å². The molecule has 0 saturated carbocycles. The molecular weight excluding hydrogens is 188 g/mol. The van der Waals surface area contributed by atoms with Crippen LogP contribution in [0, 0.1) is 5.92 Å². The number of ketones is 2. The van der Waals surface area contributed by atoms with Gasteiger partial charge >= 0.3 is 0 Å². The fourth-order valence-electron chi connectivity index (χ4n) is 1.85. The van der Waals surface area contributed by atoms with Crippen molar-refractivity contribution in [2.75, 3.05) is 0 Å². The summed E-state index contributed by atoms with van der Waals surface area (Å²) in [5.41, 5.74) is 1.62. The lowest BCUT2D eigenvalue weighted by atomic mass is 9.94. The van der Waals surface area contributed by atoms with Crippen molar-refractivity contribution in [1.82, 2.24) is 0 Å². The largest absolute Gasteiger partial charge is 0.294 e. The monoisotopic (exact) mass is 200 g/mol. The molecule has 76 valence electrons. The fraction of sp³-hybridized carbons (Fsp3) is 0.231. The number of carbonyl (C=O) groups is 2. The maximum atomic E-state index is 11.9. The molecule has 0 saturated heterocycles. The van der Waals surface area contributed by atoms with E-state index in [4.69, 9.17) is 0 Å². The Kier molecular flexibility index (Phi) is 2.50. The molecule has 0 fully saturated rings. The standard InChI is InChI=1S/C13H12O2/c1-9-7-11(12(14)8-9)13(15)10-5-3-2-4-6-10/h2-6,8,11H,7H2,1H3. The Balaban J connectivity index is 2.21. The van der Waals surface area contributed by atoms with Crippen LogP contribution in [0.3, 0.4) is 0 Å². The Bertz CT molecular complexity index is 429. The van der Waals surface area contributed by atoms with Crippen LogP contribution >= 0.6 is 0 Å². The first-order valence-electron chi connectivity index (χ1n) is 4.99. The summed E-state index contributed by atoms with van der Waals surface area (Å²) in [7, 11) is 0. The summed E-state index contributed by atoms with van der Waals surface area (Å²) in [5.74, 6) is -0.595. The predicted molar refractivity (Wildman–Crippen MR) is 57.6 cm³/mol. The second-order valence-electron chi connectivity index (χ2n) is 3.88. The van der Waals surface area contributed by atoms with E-state index in [-0.39, 0.29) is 11.6 Å². The molecule has 1 atom stereocenters. The van der Waals surface area contributed by atoms with Gasteiger partial charge in [-0.2, -0.15) is 0 Å². The van der Waals surface area contributed by atoms with Gasteiger partial charge < -0.3 is 0 Å². The Hall–Kier alpha value is -1.70. The number of hydrogen-bond acceptors (Lipinski definition) is 2. The first-order valence-corrected chi connectivity index (χ1v) is 4.99. The summed E-state index contributed by atoms with van der Waals surface area (Å²) < 4.78 is 0. The van der Waals surface area contributed by atoms with E-state index < -0.39 is 5.92 Å². The molecule has 0 spiro atoms. The van der Waals surface area contributed by atoms with Crippen LogP contribution in [0.5, 0.6) is 0 Å². The van der Waals surface area contributed by atoms with Gasteiger partial charge in [-0.3, -0.25) is 9.59 Å². The molecule has 0 heterocycles. The SMILES string of the molecule is CC1=CC(=O)C(C(=O)c2ccccc2)C1. The second-order valence-corrected chi connectivity index (χ2v) is 3.88. The smallest absolute Gasteiger partial charge is 0.173 e. The molecule has 0 aromatic heterocycles. The minimum Gasteiger partial charge on any atom is -0.294 e. The average Bonchev–Trinajstić information content (AvgIpc) is 2.58. The van der Waals surface area contributed by atoms with Crippen LogP contribution in [0.4, 0.5) is 0 Å². The van der Waals surface area contributed by atoms with Gasteiger partial charge in [-0.05, 0) is 19.4 Å². The van der Waals surface area contributed by atoms with Crippen LogP contribution in [0.1, 0.15) is 23.7 Å². The third-order valence-electron chi connectivity index (χ3n) is 2.63. The quantitative estimate of drug-likeness (QED) is 0.542. The number of carbonyl (C=O) groups excluding carboxylic acids is 2. The lowest BCUT2D eigenvalue weighted by Gasteiger charge is -2.06. The summed E-state index contributed by atoms with van der Waals surface area (Å²) >= 11 is 0. The maximum absolute atomic E-state index is 11.9. The predicted octanol–water partition coefficient (Wildman–Crippen LogP) is 2.40. The molecule has 2 heteroatoms. The fourth-order valence-corrected chi connectivity index (χ4v) is 1.85. The molecule has 0 N–H and O–H groups in total. The third kappa shape index (κ3) is 1.89. The molecule has 1 aromatic carbocycles. The van der Waals surface area contributed by atoms with Crippen LogP contribution in [0.15, 0.2) is 42.0 Å². The zero-order chi connectivity index (χ0) is 10.8. The Morgan fingerprint density at radius 2 is 1.93 bits per heavy atom. The number of Topliss-reactive ketones (excluding diaryl/α,β-unsaturated/α-hetero) is 1. The second kappa shape index (κ2) is 3.81. The van der Waals surface area contributed by atoms with Crippen molar-refractivity contribution in [2.45, 2.75) is 13.3 Å². The van der Waals surface area contributed by atoms with Crippen molar-refractivity contribution in [3.05, 3.63) is 47.5 Å². The lowest BCUT2D eigenvalue weighted by molar-refractivity contribution is -0.116. The molecule has 0 aliphatic heterocycles. The summed E-state index contributed by atoms with van der Waals surface area (Å²) in [4.78, 5) is 23.5. The molecule has 0 radical (unpaired) electrons. The number of allylic oxidation sites excluding steroid dienone is 2. The van der Waals surface area contributed by atoms with E-state index in [1.54, 1.807) is 18.2 Å². The van der Waals surface area contributed by atoms with E-state index in [0.29, 0.717) is 12.0 Å². The Morgan fingerprint density at radius 3 is 2.47 bits per heavy atom. The van der Waals surface area contributed by atoms with E-state index in [0.717, 1.165) is 5.57 Å². The van der Waals surface area contributed by atoms with Gasteiger partial charge in [0.05, 0.1) is 5.92 Å². The number of hydrogen-bond donors (Lipinski definition) is 0. The minimum atomic E-state index is -0.479. The highest BCUT2D eigenvalue weighted by molar-refractivity contribution is 6.15. The number of benzene rings is 1. The molecule has 1 aliphatic rings. The van der Waals surface area contributed by atoms with Gasteiger partial charge in [0.15, 0.2) is 11.6 Å². The summed E-state index contributed by atoms with van der Waals surface area (Å²) in [6.07, 6.45) is 2.15. The van der Waals surface area contributed by atoms with Gasteiger partial charge in [-0.1, -0.05) is 35.9 Å². The average molecular weight is 200 g/mol. The van der Waals surface area contributed by atoms with Crippen LogP contribution in [0.2, 0.25) is 0 Å². The van der Waals surface area contributed by atoms with E-state index in [2.05, 4.69) is 0 Å². The topological polar surface area (TPSA) is 34.1 Å². The minimum absolute atomic E-state index is 0.0543. The molecule has 1 aliphatic carbocycles. The third-order valence-corrected chi connectivity index (χ3v) is 2.63. The Morgan fingerprint density at radius 1 is 1.27 bits per heavy atom. The summed E-state index contributed by atoms with van der Waals surface area (Å²) in [6.45, 7) is 1.89. The van der Waals surface area contributed by atoms with Crippen molar-refractivity contribution in [1.29, 1.82) is 0 Å². The van der Waals surface area contributed by atoms with E-state index in [9.17, 15) is 9.59 Å². The molecule has 0 amide bonds. The highest BCUT2D eigenvalue weighted by Crippen LogP contribution is 2.24. The van der Waals surface area contributed by atoms with Crippen LogP contribution in [0.25, 0.3) is 0 Å². The van der Waals surface area contributed by atoms with Crippen molar-refractivity contribution in [3.8, 4) is 0 Å². The zero-order valence-electron chi connectivity index (χ0n) is 8.57. The number of rotatable bonds is 2. The summed E-state index contributed by atoms with van der Waals surface area (Å²) in [5, 5.41) is 0. The van der Waals surface area contributed by atoms with Crippen molar-refractivity contribution in [2.24, 2.45) is 5.92 Å².